The minimum absolute atomic E-state index is 0.136. The molecule has 0 spiro atoms. The lowest BCUT2D eigenvalue weighted by Gasteiger charge is -2.37. The Hall–Kier alpha value is -3.75. The third-order valence-corrected chi connectivity index (χ3v) is 6.70. The van der Waals surface area contributed by atoms with Gasteiger partial charge in [-0.1, -0.05) is 35.0 Å². The van der Waals surface area contributed by atoms with E-state index in [0.717, 1.165) is 31.7 Å². The number of hydrogen-bond acceptors (Lipinski definition) is 10. The molecule has 2 saturated heterocycles. The molecule has 11 nitrogen and oxygen atoms in total. The molecule has 2 aliphatic heterocycles. The highest BCUT2D eigenvalue weighted by atomic mass is 16.5. The summed E-state index contributed by atoms with van der Waals surface area (Å²) in [6, 6.07) is 10.1. The first kappa shape index (κ1) is 24.0. The standard InChI is InChI=1S/C25H30N8O3/c1-18-3-5-20(6-4-18)24-28-22(36-29-24)16-30-7-9-31(10-8-30)17-23(34)32-11-13-33(14-12-32)25-21(15-26)27-19(2)35-25/h3-6H,7-14,16-17H2,1-2H3. The minimum atomic E-state index is 0.136. The number of piperazine rings is 2. The van der Waals surface area contributed by atoms with Crippen molar-refractivity contribution in [1.29, 1.82) is 5.26 Å². The van der Waals surface area contributed by atoms with Crippen LogP contribution in [0.15, 0.2) is 33.2 Å². The van der Waals surface area contributed by atoms with Gasteiger partial charge in [-0.05, 0) is 6.92 Å². The van der Waals surface area contributed by atoms with Gasteiger partial charge in [0.15, 0.2) is 5.89 Å². The van der Waals surface area contributed by atoms with E-state index in [0.29, 0.717) is 68.5 Å². The maximum absolute atomic E-state index is 12.9. The molecule has 2 aliphatic rings. The molecule has 2 aromatic heterocycles. The summed E-state index contributed by atoms with van der Waals surface area (Å²) < 4.78 is 11.1. The topological polar surface area (TPSA) is 119 Å². The van der Waals surface area contributed by atoms with Crippen LogP contribution in [0.3, 0.4) is 0 Å². The molecule has 0 atom stereocenters. The van der Waals surface area contributed by atoms with Crippen molar-refractivity contribution in [3.8, 4) is 17.5 Å². The number of aryl methyl sites for hydroxylation is 2. The molecule has 3 aromatic rings. The summed E-state index contributed by atoms with van der Waals surface area (Å²) in [5, 5.41) is 13.4. The second-order valence-electron chi connectivity index (χ2n) is 9.30. The van der Waals surface area contributed by atoms with Crippen molar-refractivity contribution in [2.75, 3.05) is 63.8 Å². The first-order chi connectivity index (χ1) is 17.5. The Kier molecular flexibility index (Phi) is 6.97. The van der Waals surface area contributed by atoms with E-state index in [1.807, 2.05) is 41.0 Å². The summed E-state index contributed by atoms with van der Waals surface area (Å²) in [7, 11) is 0. The zero-order valence-electron chi connectivity index (χ0n) is 20.7. The van der Waals surface area contributed by atoms with Gasteiger partial charge in [-0.15, -0.1) is 0 Å². The van der Waals surface area contributed by atoms with Crippen LogP contribution in [-0.4, -0.2) is 94.6 Å². The maximum atomic E-state index is 12.9. The monoisotopic (exact) mass is 490 g/mol. The Labute approximate surface area is 209 Å². The van der Waals surface area contributed by atoms with Crippen LogP contribution in [-0.2, 0) is 11.3 Å². The molecule has 0 N–H and O–H groups in total. The maximum Gasteiger partial charge on any atom is 0.241 e. The van der Waals surface area contributed by atoms with Crippen LogP contribution < -0.4 is 4.90 Å². The molecule has 4 heterocycles. The number of oxazole rings is 1. The average Bonchev–Trinajstić information content (AvgIpc) is 3.52. The van der Waals surface area contributed by atoms with Crippen molar-refractivity contribution in [3.05, 3.63) is 47.3 Å². The summed E-state index contributed by atoms with van der Waals surface area (Å²) in [6.07, 6.45) is 0. The predicted molar refractivity (Wildman–Crippen MR) is 131 cm³/mol. The van der Waals surface area contributed by atoms with E-state index >= 15 is 0 Å². The highest BCUT2D eigenvalue weighted by Gasteiger charge is 2.28. The van der Waals surface area contributed by atoms with E-state index in [2.05, 4.69) is 31.0 Å². The number of benzene rings is 1. The molecule has 0 radical (unpaired) electrons. The van der Waals surface area contributed by atoms with Gasteiger partial charge >= 0.3 is 0 Å². The molecule has 0 aliphatic carbocycles. The van der Waals surface area contributed by atoms with E-state index in [1.54, 1.807) is 6.92 Å². The lowest BCUT2D eigenvalue weighted by atomic mass is 10.1. The van der Waals surface area contributed by atoms with E-state index < -0.39 is 0 Å². The summed E-state index contributed by atoms with van der Waals surface area (Å²) in [5.41, 5.74) is 2.44. The first-order valence-corrected chi connectivity index (χ1v) is 12.2. The number of amides is 1. The van der Waals surface area contributed by atoms with Crippen LogP contribution in [0.25, 0.3) is 11.4 Å². The van der Waals surface area contributed by atoms with Gasteiger partial charge in [0.1, 0.15) is 6.07 Å². The Morgan fingerprint density at radius 2 is 1.67 bits per heavy atom. The van der Waals surface area contributed by atoms with Gasteiger partial charge in [0.25, 0.3) is 0 Å². The Morgan fingerprint density at radius 3 is 2.36 bits per heavy atom. The molecule has 2 fully saturated rings. The summed E-state index contributed by atoms with van der Waals surface area (Å²) >= 11 is 0. The largest absolute Gasteiger partial charge is 0.424 e. The van der Waals surface area contributed by atoms with E-state index in [9.17, 15) is 10.1 Å². The summed E-state index contributed by atoms with van der Waals surface area (Å²) in [6.45, 7) is 10.5. The number of hydrogen-bond donors (Lipinski definition) is 0. The molecule has 1 amide bonds. The zero-order chi connectivity index (χ0) is 25.1. The summed E-state index contributed by atoms with van der Waals surface area (Å²) in [5.74, 6) is 2.33. The van der Waals surface area contributed by atoms with Gasteiger partial charge in [-0.25, -0.2) is 4.98 Å². The molecule has 0 saturated carbocycles. The van der Waals surface area contributed by atoms with Gasteiger partial charge in [-0.3, -0.25) is 14.6 Å². The highest BCUT2D eigenvalue weighted by molar-refractivity contribution is 5.78. The number of aromatic nitrogens is 3. The molecule has 0 unspecified atom stereocenters. The summed E-state index contributed by atoms with van der Waals surface area (Å²) in [4.78, 5) is 29.9. The third-order valence-electron chi connectivity index (χ3n) is 6.70. The number of anilines is 1. The van der Waals surface area contributed by atoms with Gasteiger partial charge in [0.05, 0.1) is 13.1 Å². The second-order valence-corrected chi connectivity index (χ2v) is 9.30. The molecular formula is C25H30N8O3. The van der Waals surface area contributed by atoms with Crippen LogP contribution in [0.2, 0.25) is 0 Å². The second kappa shape index (κ2) is 10.5. The van der Waals surface area contributed by atoms with Crippen molar-refractivity contribution in [1.82, 2.24) is 29.8 Å². The molecule has 0 bridgehead atoms. The predicted octanol–water partition coefficient (Wildman–Crippen LogP) is 1.68. The zero-order valence-corrected chi connectivity index (χ0v) is 20.7. The number of carbonyl (C=O) groups excluding carboxylic acids is 1. The van der Waals surface area contributed by atoms with Crippen LogP contribution in [0.1, 0.15) is 23.0 Å². The fraction of sp³-hybridized carbons (Fsp3) is 0.480. The van der Waals surface area contributed by atoms with Crippen LogP contribution in [0, 0.1) is 25.2 Å². The molecule has 5 rings (SSSR count). The van der Waals surface area contributed by atoms with E-state index in [4.69, 9.17) is 8.94 Å². The van der Waals surface area contributed by atoms with E-state index in [-0.39, 0.29) is 5.91 Å². The van der Waals surface area contributed by atoms with Crippen LogP contribution >= 0.6 is 0 Å². The molecular weight excluding hydrogens is 460 g/mol. The average molecular weight is 491 g/mol. The Bertz CT molecular complexity index is 1230. The lowest BCUT2D eigenvalue weighted by molar-refractivity contribution is -0.133. The van der Waals surface area contributed by atoms with Crippen LogP contribution in [0.5, 0.6) is 0 Å². The molecule has 36 heavy (non-hydrogen) atoms. The fourth-order valence-corrected chi connectivity index (χ4v) is 4.59. The first-order valence-electron chi connectivity index (χ1n) is 12.2. The number of rotatable bonds is 6. The van der Waals surface area contributed by atoms with Crippen molar-refractivity contribution in [2.24, 2.45) is 0 Å². The van der Waals surface area contributed by atoms with Crippen molar-refractivity contribution >= 4 is 11.8 Å². The van der Waals surface area contributed by atoms with Crippen molar-refractivity contribution < 1.29 is 13.7 Å². The van der Waals surface area contributed by atoms with Gasteiger partial charge < -0.3 is 18.7 Å². The van der Waals surface area contributed by atoms with Crippen molar-refractivity contribution in [2.45, 2.75) is 20.4 Å². The smallest absolute Gasteiger partial charge is 0.241 e. The van der Waals surface area contributed by atoms with Gasteiger partial charge in [-0.2, -0.15) is 10.2 Å². The third kappa shape index (κ3) is 5.40. The number of nitrogens with zero attached hydrogens (tertiary/aromatic N) is 8. The number of nitriles is 1. The normalized spacial score (nSPS) is 17.4. The molecule has 11 heteroatoms. The highest BCUT2D eigenvalue weighted by Crippen LogP contribution is 2.23. The fourth-order valence-electron chi connectivity index (χ4n) is 4.59. The van der Waals surface area contributed by atoms with Gasteiger partial charge in [0, 0.05) is 64.8 Å². The molecule has 1 aromatic carbocycles. The quantitative estimate of drug-likeness (QED) is 0.505. The van der Waals surface area contributed by atoms with Crippen LogP contribution in [0.4, 0.5) is 5.88 Å². The molecule has 188 valence electrons. The lowest BCUT2D eigenvalue weighted by Crippen LogP contribution is -2.53. The SMILES string of the molecule is Cc1ccc(-c2noc(CN3CCN(CC(=O)N4CCN(c5oc(C)nc5C#N)CC4)CC3)n2)cc1. The van der Waals surface area contributed by atoms with Crippen molar-refractivity contribution in [3.63, 3.8) is 0 Å². The van der Waals surface area contributed by atoms with E-state index in [1.165, 1.54) is 5.56 Å². The Morgan fingerprint density at radius 1 is 0.972 bits per heavy atom. The van der Waals surface area contributed by atoms with Gasteiger partial charge in [0.2, 0.25) is 29.2 Å². The minimum Gasteiger partial charge on any atom is -0.424 e. The number of carbonyl (C=O) groups is 1. The Balaban J connectivity index is 1.06.